The predicted molar refractivity (Wildman–Crippen MR) is 151 cm³/mol. The Bertz CT molecular complexity index is 2040. The average Bonchev–Trinajstić information content (AvgIpc) is 3.49. The molecule has 0 aliphatic heterocycles. The van der Waals surface area contributed by atoms with Gasteiger partial charge in [-0.15, -0.1) is 0 Å². The van der Waals surface area contributed by atoms with Gasteiger partial charge in [-0.3, -0.25) is 0 Å². The van der Waals surface area contributed by atoms with E-state index in [1.807, 2.05) is 30.3 Å². The number of aromatic nitrogens is 1. The van der Waals surface area contributed by atoms with Gasteiger partial charge in [0.15, 0.2) is 5.58 Å². The zero-order valence-electron chi connectivity index (χ0n) is 20.0. The summed E-state index contributed by atoms with van der Waals surface area (Å²) in [4.78, 5) is 0. The standard InChI is InChI=1S/C33H22ClNO/c1-33(2)26-12-6-3-9-20(26)23-18-29-24(17-27(23)33)21-10-4-7-13-28(21)35(29)30-16-19(34)15-25-22-11-5-8-14-31(22)36-32(25)30/h3-18H,1-2H3. The van der Waals surface area contributed by atoms with Crippen molar-refractivity contribution in [3.8, 4) is 16.8 Å². The first-order chi connectivity index (χ1) is 17.5. The molecule has 0 spiro atoms. The lowest BCUT2D eigenvalue weighted by Crippen LogP contribution is -2.14. The zero-order chi connectivity index (χ0) is 24.2. The third-order valence-corrected chi connectivity index (χ3v) is 8.26. The fraction of sp³-hybridized carbons (Fsp3) is 0.0909. The number of furan rings is 1. The minimum atomic E-state index is -0.0502. The number of hydrogen-bond acceptors (Lipinski definition) is 1. The van der Waals surface area contributed by atoms with E-state index in [1.165, 1.54) is 33.0 Å². The highest BCUT2D eigenvalue weighted by Gasteiger charge is 2.36. The summed E-state index contributed by atoms with van der Waals surface area (Å²) in [6.07, 6.45) is 0. The second-order valence-electron chi connectivity index (χ2n) is 10.3. The van der Waals surface area contributed by atoms with Gasteiger partial charge in [-0.2, -0.15) is 0 Å². The lowest BCUT2D eigenvalue weighted by molar-refractivity contribution is 0.661. The van der Waals surface area contributed by atoms with Crippen molar-refractivity contribution >= 4 is 55.3 Å². The van der Waals surface area contributed by atoms with Crippen LogP contribution < -0.4 is 0 Å². The highest BCUT2D eigenvalue weighted by molar-refractivity contribution is 6.32. The summed E-state index contributed by atoms with van der Waals surface area (Å²) in [7, 11) is 0. The van der Waals surface area contributed by atoms with Crippen molar-refractivity contribution < 1.29 is 4.42 Å². The van der Waals surface area contributed by atoms with Crippen LogP contribution in [0.4, 0.5) is 0 Å². The molecule has 0 radical (unpaired) electrons. The molecular formula is C33H22ClNO. The molecule has 2 heterocycles. The van der Waals surface area contributed by atoms with Crippen LogP contribution in [0.15, 0.2) is 101 Å². The molecule has 0 amide bonds. The predicted octanol–water partition coefficient (Wildman–Crippen LogP) is 9.64. The molecule has 36 heavy (non-hydrogen) atoms. The van der Waals surface area contributed by atoms with Gasteiger partial charge >= 0.3 is 0 Å². The number of halogens is 1. The third kappa shape index (κ3) is 2.47. The van der Waals surface area contributed by atoms with E-state index in [4.69, 9.17) is 16.0 Å². The summed E-state index contributed by atoms with van der Waals surface area (Å²) in [5.74, 6) is 0. The van der Waals surface area contributed by atoms with Crippen LogP contribution >= 0.6 is 11.6 Å². The maximum absolute atomic E-state index is 6.74. The number of hydrogen-bond donors (Lipinski definition) is 0. The van der Waals surface area contributed by atoms with Crippen molar-refractivity contribution in [1.29, 1.82) is 0 Å². The average molecular weight is 484 g/mol. The minimum absolute atomic E-state index is 0.0502. The van der Waals surface area contributed by atoms with E-state index in [2.05, 4.69) is 85.1 Å². The number of nitrogens with zero attached hydrogens (tertiary/aromatic N) is 1. The molecule has 0 unspecified atom stereocenters. The third-order valence-electron chi connectivity index (χ3n) is 8.04. The van der Waals surface area contributed by atoms with Crippen LogP contribution in [0.2, 0.25) is 5.02 Å². The summed E-state index contributed by atoms with van der Waals surface area (Å²) in [5.41, 5.74) is 10.3. The van der Waals surface area contributed by atoms with Crippen molar-refractivity contribution in [2.24, 2.45) is 0 Å². The fourth-order valence-corrected chi connectivity index (χ4v) is 6.58. The highest BCUT2D eigenvalue weighted by atomic mass is 35.5. The Hall–Kier alpha value is -4.01. The van der Waals surface area contributed by atoms with Crippen LogP contribution in [-0.2, 0) is 5.41 Å². The summed E-state index contributed by atoms with van der Waals surface area (Å²) >= 11 is 6.74. The summed E-state index contributed by atoms with van der Waals surface area (Å²) < 4.78 is 8.79. The van der Waals surface area contributed by atoms with E-state index >= 15 is 0 Å². The van der Waals surface area contributed by atoms with Gasteiger partial charge in [0.05, 0.1) is 16.7 Å². The van der Waals surface area contributed by atoms with Gasteiger partial charge in [0.1, 0.15) is 5.58 Å². The number of para-hydroxylation sites is 2. The lowest BCUT2D eigenvalue weighted by atomic mass is 9.82. The van der Waals surface area contributed by atoms with E-state index < -0.39 is 0 Å². The van der Waals surface area contributed by atoms with Crippen LogP contribution in [0.5, 0.6) is 0 Å². The Morgan fingerprint density at radius 1 is 0.639 bits per heavy atom. The maximum Gasteiger partial charge on any atom is 0.159 e. The van der Waals surface area contributed by atoms with E-state index in [-0.39, 0.29) is 5.41 Å². The van der Waals surface area contributed by atoms with Crippen LogP contribution in [0, 0.1) is 0 Å². The van der Waals surface area contributed by atoms with E-state index in [9.17, 15) is 0 Å². The van der Waals surface area contributed by atoms with E-state index in [0.717, 1.165) is 38.7 Å². The molecule has 5 aromatic carbocycles. The van der Waals surface area contributed by atoms with Crippen molar-refractivity contribution in [3.05, 3.63) is 113 Å². The smallest absolute Gasteiger partial charge is 0.159 e. The molecule has 8 rings (SSSR count). The van der Waals surface area contributed by atoms with E-state index in [1.54, 1.807) is 0 Å². The molecule has 172 valence electrons. The summed E-state index contributed by atoms with van der Waals surface area (Å²) in [6, 6.07) is 34.4. The molecule has 0 saturated carbocycles. The van der Waals surface area contributed by atoms with Crippen molar-refractivity contribution in [2.45, 2.75) is 19.3 Å². The summed E-state index contributed by atoms with van der Waals surface area (Å²) in [5, 5.41) is 5.28. The molecule has 0 bridgehead atoms. The van der Waals surface area contributed by atoms with Crippen molar-refractivity contribution in [1.82, 2.24) is 4.57 Å². The summed E-state index contributed by atoms with van der Waals surface area (Å²) in [6.45, 7) is 4.66. The van der Waals surface area contributed by atoms with Gasteiger partial charge < -0.3 is 8.98 Å². The topological polar surface area (TPSA) is 18.1 Å². The van der Waals surface area contributed by atoms with Crippen molar-refractivity contribution in [2.75, 3.05) is 0 Å². The van der Waals surface area contributed by atoms with E-state index in [0.29, 0.717) is 5.02 Å². The molecule has 1 aliphatic carbocycles. The Morgan fingerprint density at radius 3 is 2.28 bits per heavy atom. The Balaban J connectivity index is 1.56. The van der Waals surface area contributed by atoms with Gasteiger partial charge in [0.25, 0.3) is 0 Å². The molecule has 2 nitrogen and oxygen atoms in total. The molecule has 0 N–H and O–H groups in total. The number of fused-ring (bicyclic) bond motifs is 9. The first-order valence-corrected chi connectivity index (χ1v) is 12.7. The lowest BCUT2D eigenvalue weighted by Gasteiger charge is -2.21. The Labute approximate surface area is 213 Å². The van der Waals surface area contributed by atoms with Gasteiger partial charge in [-0.1, -0.05) is 86.1 Å². The molecular weight excluding hydrogens is 462 g/mol. The first-order valence-electron chi connectivity index (χ1n) is 12.3. The normalized spacial score (nSPS) is 14.2. The van der Waals surface area contributed by atoms with Crippen LogP contribution in [0.3, 0.4) is 0 Å². The first kappa shape index (κ1) is 20.2. The monoisotopic (exact) mass is 483 g/mol. The SMILES string of the molecule is CC1(C)c2ccccc2-c2cc3c(cc21)c1ccccc1n3-c1cc(Cl)cc2c1oc1ccccc12. The Kier molecular flexibility index (Phi) is 3.82. The quantitative estimate of drug-likeness (QED) is 0.227. The van der Waals surface area contributed by atoms with Crippen LogP contribution in [0.25, 0.3) is 60.6 Å². The zero-order valence-corrected chi connectivity index (χ0v) is 20.7. The van der Waals surface area contributed by atoms with Crippen molar-refractivity contribution in [3.63, 3.8) is 0 Å². The number of benzene rings is 5. The van der Waals surface area contributed by atoms with Gasteiger partial charge in [0.2, 0.25) is 0 Å². The van der Waals surface area contributed by atoms with Gasteiger partial charge in [0, 0.05) is 32.0 Å². The van der Waals surface area contributed by atoms with Crippen LogP contribution in [0.1, 0.15) is 25.0 Å². The number of rotatable bonds is 1. The van der Waals surface area contributed by atoms with Gasteiger partial charge in [-0.25, -0.2) is 0 Å². The molecule has 3 heteroatoms. The molecule has 0 fully saturated rings. The maximum atomic E-state index is 6.74. The molecule has 1 aliphatic rings. The largest absolute Gasteiger partial charge is 0.454 e. The molecule has 2 aromatic heterocycles. The highest BCUT2D eigenvalue weighted by Crippen LogP contribution is 2.51. The Morgan fingerprint density at radius 2 is 1.39 bits per heavy atom. The molecule has 7 aromatic rings. The fourth-order valence-electron chi connectivity index (χ4n) is 6.36. The van der Waals surface area contributed by atoms with Gasteiger partial charge in [-0.05, 0) is 58.7 Å². The second-order valence-corrected chi connectivity index (χ2v) is 10.8. The molecule has 0 saturated heterocycles. The second kappa shape index (κ2) is 6.81. The minimum Gasteiger partial charge on any atom is -0.454 e. The molecule has 0 atom stereocenters. The van der Waals surface area contributed by atoms with Crippen LogP contribution in [-0.4, -0.2) is 4.57 Å².